The molecule has 1 aromatic heterocycles. The molecule has 0 saturated carbocycles. The molecule has 1 aliphatic rings. The summed E-state index contributed by atoms with van der Waals surface area (Å²) in [6, 6.07) is 5.57. The maximum absolute atomic E-state index is 12.7. The van der Waals surface area contributed by atoms with Crippen LogP contribution >= 0.6 is 0 Å². The van der Waals surface area contributed by atoms with Gasteiger partial charge < -0.3 is 14.4 Å². The molecule has 140 valence electrons. The van der Waals surface area contributed by atoms with Gasteiger partial charge in [0.15, 0.2) is 0 Å². The van der Waals surface area contributed by atoms with Crippen LogP contribution in [0.1, 0.15) is 36.1 Å². The summed E-state index contributed by atoms with van der Waals surface area (Å²) in [5.41, 5.74) is 1.42. The molecule has 1 N–H and O–H groups in total. The molecule has 3 rings (SSSR count). The summed E-state index contributed by atoms with van der Waals surface area (Å²) in [5.74, 6) is 1.56. The number of aromatic nitrogens is 3. The monoisotopic (exact) mass is 359 g/mol. The molecule has 0 aliphatic carbocycles. The number of nitrogens with one attached hydrogen (secondary N) is 1. The lowest BCUT2D eigenvalue weighted by molar-refractivity contribution is 0.102. The van der Waals surface area contributed by atoms with Crippen molar-refractivity contribution in [1.29, 1.82) is 0 Å². The zero-order chi connectivity index (χ0) is 18.7. The minimum atomic E-state index is -0.247. The average molecular weight is 359 g/mol. The number of aryl methyl sites for hydroxylation is 1. The van der Waals surface area contributed by atoms with Gasteiger partial charge >= 0.3 is 0 Å². The van der Waals surface area contributed by atoms with E-state index < -0.39 is 0 Å². The van der Waals surface area contributed by atoms with E-state index in [0.717, 1.165) is 30.4 Å². The highest BCUT2D eigenvalue weighted by molar-refractivity contribution is 6.04. The Labute approximate surface area is 153 Å². The fourth-order valence-electron chi connectivity index (χ4n) is 3.00. The summed E-state index contributed by atoms with van der Waals surface area (Å²) in [4.78, 5) is 19.1. The molecule has 1 fully saturated rings. The van der Waals surface area contributed by atoms with E-state index in [9.17, 15) is 4.79 Å². The van der Waals surface area contributed by atoms with E-state index >= 15 is 0 Å². The summed E-state index contributed by atoms with van der Waals surface area (Å²) in [6.45, 7) is 8.76. The Hall–Kier alpha value is -2.61. The minimum Gasteiger partial charge on any atom is -0.495 e. The van der Waals surface area contributed by atoms with E-state index in [0.29, 0.717) is 24.7 Å². The lowest BCUT2D eigenvalue weighted by atomic mass is 10.1. The second kappa shape index (κ2) is 7.74. The molecule has 1 saturated heterocycles. The van der Waals surface area contributed by atoms with Gasteiger partial charge in [0.2, 0.25) is 5.95 Å². The Morgan fingerprint density at radius 3 is 2.65 bits per heavy atom. The number of morpholine rings is 1. The molecule has 0 atom stereocenters. The van der Waals surface area contributed by atoms with E-state index in [1.807, 2.05) is 32.9 Å². The van der Waals surface area contributed by atoms with Crippen molar-refractivity contribution in [3.05, 3.63) is 29.6 Å². The summed E-state index contributed by atoms with van der Waals surface area (Å²) in [7, 11) is 1.63. The van der Waals surface area contributed by atoms with Gasteiger partial charge in [0, 0.05) is 24.7 Å². The van der Waals surface area contributed by atoms with E-state index in [1.165, 1.54) is 0 Å². The van der Waals surface area contributed by atoms with Crippen molar-refractivity contribution in [2.75, 3.05) is 43.6 Å². The zero-order valence-corrected chi connectivity index (χ0v) is 15.7. The number of hydrogen-bond acceptors (Lipinski definition) is 6. The largest absolute Gasteiger partial charge is 0.495 e. The number of anilines is 2. The number of carbonyl (C=O) groups excluding carboxylic acids is 1. The van der Waals surface area contributed by atoms with Crippen LogP contribution in [0.25, 0.3) is 0 Å². The first-order valence-electron chi connectivity index (χ1n) is 8.75. The lowest BCUT2D eigenvalue weighted by Crippen LogP contribution is -2.36. The maximum atomic E-state index is 12.7. The molecule has 8 nitrogen and oxygen atoms in total. The van der Waals surface area contributed by atoms with Crippen LogP contribution in [0.2, 0.25) is 0 Å². The van der Waals surface area contributed by atoms with Crippen molar-refractivity contribution in [3.8, 4) is 5.75 Å². The predicted molar refractivity (Wildman–Crippen MR) is 99.1 cm³/mol. The first-order valence-corrected chi connectivity index (χ1v) is 8.75. The van der Waals surface area contributed by atoms with Crippen LogP contribution in [0.4, 0.5) is 11.6 Å². The Bertz CT molecular complexity index is 781. The zero-order valence-electron chi connectivity index (χ0n) is 15.7. The van der Waals surface area contributed by atoms with Crippen LogP contribution in [0.3, 0.4) is 0 Å². The normalized spacial score (nSPS) is 14.6. The van der Waals surface area contributed by atoms with Gasteiger partial charge in [-0.25, -0.2) is 4.68 Å². The second-order valence-corrected chi connectivity index (χ2v) is 6.46. The van der Waals surface area contributed by atoms with E-state index in [1.54, 1.807) is 17.9 Å². The van der Waals surface area contributed by atoms with Crippen molar-refractivity contribution >= 4 is 17.5 Å². The van der Waals surface area contributed by atoms with Crippen LogP contribution in [-0.4, -0.2) is 54.1 Å². The van der Waals surface area contributed by atoms with Crippen molar-refractivity contribution < 1.29 is 14.3 Å². The fourth-order valence-corrected chi connectivity index (χ4v) is 3.00. The van der Waals surface area contributed by atoms with Crippen LogP contribution in [0.5, 0.6) is 5.75 Å². The van der Waals surface area contributed by atoms with Crippen molar-refractivity contribution in [2.24, 2.45) is 0 Å². The summed E-state index contributed by atoms with van der Waals surface area (Å²) in [6.07, 6.45) is 0. The van der Waals surface area contributed by atoms with E-state index in [2.05, 4.69) is 20.3 Å². The topological polar surface area (TPSA) is 81.5 Å². The highest BCUT2D eigenvalue weighted by Gasteiger charge is 2.19. The molecular formula is C18H25N5O3. The predicted octanol–water partition coefficient (Wildman–Crippen LogP) is 2.26. The Morgan fingerprint density at radius 1 is 1.31 bits per heavy atom. The van der Waals surface area contributed by atoms with Crippen molar-refractivity contribution in [2.45, 2.75) is 26.8 Å². The number of carbonyl (C=O) groups is 1. The van der Waals surface area contributed by atoms with Crippen LogP contribution in [0, 0.1) is 6.92 Å². The quantitative estimate of drug-likeness (QED) is 0.882. The molecular weight excluding hydrogens is 334 g/mol. The Morgan fingerprint density at radius 2 is 2.04 bits per heavy atom. The number of hydrogen-bond donors (Lipinski definition) is 1. The smallest absolute Gasteiger partial charge is 0.258 e. The maximum Gasteiger partial charge on any atom is 0.258 e. The number of amides is 1. The Kier molecular flexibility index (Phi) is 5.41. The number of rotatable bonds is 5. The standard InChI is InChI=1S/C18H25N5O3/c1-12(2)23-13(3)19-18(21-23)20-17(24)14-5-6-16(25-4)15(11-14)22-7-9-26-10-8-22/h5-6,11-12H,7-10H2,1-4H3,(H,20,21,24). The van der Waals surface area contributed by atoms with Crippen molar-refractivity contribution in [3.63, 3.8) is 0 Å². The molecule has 1 aliphatic heterocycles. The summed E-state index contributed by atoms with van der Waals surface area (Å²) in [5, 5.41) is 7.12. The average Bonchev–Trinajstić information content (AvgIpc) is 3.02. The SMILES string of the molecule is COc1ccc(C(=O)Nc2nc(C)n(C(C)C)n2)cc1N1CCOCC1. The molecule has 26 heavy (non-hydrogen) atoms. The van der Waals surface area contributed by atoms with Gasteiger partial charge in [0.05, 0.1) is 26.0 Å². The van der Waals surface area contributed by atoms with Gasteiger partial charge in [-0.05, 0) is 39.0 Å². The highest BCUT2D eigenvalue weighted by atomic mass is 16.5. The molecule has 1 amide bonds. The van der Waals surface area contributed by atoms with Gasteiger partial charge in [-0.2, -0.15) is 4.98 Å². The fraction of sp³-hybridized carbons (Fsp3) is 0.500. The Balaban J connectivity index is 1.81. The second-order valence-electron chi connectivity index (χ2n) is 6.46. The van der Waals surface area contributed by atoms with Gasteiger partial charge in [-0.1, -0.05) is 0 Å². The first-order chi connectivity index (χ1) is 12.5. The van der Waals surface area contributed by atoms with Crippen LogP contribution in [0.15, 0.2) is 18.2 Å². The number of methoxy groups -OCH3 is 1. The van der Waals surface area contributed by atoms with E-state index in [4.69, 9.17) is 9.47 Å². The third-order valence-corrected chi connectivity index (χ3v) is 4.31. The van der Waals surface area contributed by atoms with Crippen LogP contribution in [-0.2, 0) is 4.74 Å². The number of nitrogens with zero attached hydrogens (tertiary/aromatic N) is 4. The van der Waals surface area contributed by atoms with Gasteiger partial charge in [-0.15, -0.1) is 5.10 Å². The minimum absolute atomic E-state index is 0.182. The first kappa shape index (κ1) is 18.2. The molecule has 0 radical (unpaired) electrons. The lowest BCUT2D eigenvalue weighted by Gasteiger charge is -2.30. The molecule has 0 bridgehead atoms. The molecule has 2 aromatic rings. The van der Waals surface area contributed by atoms with Gasteiger partial charge in [0.25, 0.3) is 5.91 Å². The van der Waals surface area contributed by atoms with Crippen molar-refractivity contribution in [1.82, 2.24) is 14.8 Å². The van der Waals surface area contributed by atoms with Crippen LogP contribution < -0.4 is 15.0 Å². The molecule has 0 unspecified atom stereocenters. The number of ether oxygens (including phenoxy) is 2. The molecule has 0 spiro atoms. The van der Waals surface area contributed by atoms with Gasteiger partial charge in [-0.3, -0.25) is 10.1 Å². The summed E-state index contributed by atoms with van der Waals surface area (Å²) >= 11 is 0. The third-order valence-electron chi connectivity index (χ3n) is 4.31. The summed E-state index contributed by atoms with van der Waals surface area (Å²) < 4.78 is 12.6. The van der Waals surface area contributed by atoms with Gasteiger partial charge in [0.1, 0.15) is 11.6 Å². The highest BCUT2D eigenvalue weighted by Crippen LogP contribution is 2.30. The van der Waals surface area contributed by atoms with E-state index in [-0.39, 0.29) is 11.9 Å². The number of benzene rings is 1. The molecule has 8 heteroatoms. The molecule has 1 aromatic carbocycles. The third kappa shape index (κ3) is 3.80. The molecule has 2 heterocycles.